The summed E-state index contributed by atoms with van der Waals surface area (Å²) in [6, 6.07) is 15.7. The normalized spacial score (nSPS) is 17.8. The number of para-hydroxylation sites is 1. The lowest BCUT2D eigenvalue weighted by Crippen LogP contribution is -2.29. The highest BCUT2D eigenvalue weighted by molar-refractivity contribution is 8.18. The van der Waals surface area contributed by atoms with Crippen LogP contribution >= 0.6 is 11.8 Å². The average molecular weight is 502 g/mol. The van der Waals surface area contributed by atoms with Crippen LogP contribution < -0.4 is 5.32 Å². The van der Waals surface area contributed by atoms with E-state index in [9.17, 15) is 14.7 Å². The molecule has 8 heteroatoms. The molecule has 1 aliphatic carbocycles. The molecule has 3 aromatic rings. The molecule has 184 valence electrons. The van der Waals surface area contributed by atoms with Gasteiger partial charge in [0.15, 0.2) is 0 Å². The molecular formula is C28H27N3O4S. The summed E-state index contributed by atoms with van der Waals surface area (Å²) in [5.41, 5.74) is 3.59. The highest BCUT2D eigenvalue weighted by atomic mass is 32.2. The highest BCUT2D eigenvalue weighted by Crippen LogP contribution is 2.41. The predicted octanol–water partition coefficient (Wildman–Crippen LogP) is 5.42. The minimum absolute atomic E-state index is 0.0208. The number of esters is 1. The number of benzene rings is 2. The number of aryl methyl sites for hydroxylation is 1. The number of aliphatic imine (C=N–C) groups is 1. The number of nitrogens with one attached hydrogen (secondary N) is 1. The standard InChI is InChI=1S/C28H27N3O4S/c1-3-35-28(34)25-26(33)23(36-27(25)30-20-10-8-17(2)9-11-20)14-18-15-31(16-24(32)29-19-12-13-19)22-7-5-4-6-21(18)22/h4-11,14-15,19,33H,3,12-13,16H2,1-2H3,(H,29,32). The molecule has 7 nitrogen and oxygen atoms in total. The number of aromatic nitrogens is 1. The smallest absolute Gasteiger partial charge is 0.344 e. The Bertz CT molecular complexity index is 1430. The molecule has 1 aromatic heterocycles. The summed E-state index contributed by atoms with van der Waals surface area (Å²) < 4.78 is 7.12. The van der Waals surface area contributed by atoms with Crippen LogP contribution in [-0.4, -0.2) is 39.2 Å². The maximum atomic E-state index is 12.7. The summed E-state index contributed by atoms with van der Waals surface area (Å²) in [6.07, 6.45) is 5.80. The van der Waals surface area contributed by atoms with Gasteiger partial charge in [-0.05, 0) is 51.0 Å². The second-order valence-corrected chi connectivity index (χ2v) is 9.91. The molecule has 0 saturated heterocycles. The number of rotatable bonds is 7. The Hall–Kier alpha value is -3.78. The Balaban J connectivity index is 1.52. The zero-order valence-corrected chi connectivity index (χ0v) is 21.0. The molecule has 0 atom stereocenters. The fourth-order valence-corrected chi connectivity index (χ4v) is 5.07. The molecular weight excluding hydrogens is 474 g/mol. The van der Waals surface area contributed by atoms with E-state index in [0.717, 1.165) is 34.9 Å². The molecule has 5 rings (SSSR count). The molecule has 1 aliphatic heterocycles. The third-order valence-corrected chi connectivity index (χ3v) is 7.02. The van der Waals surface area contributed by atoms with Crippen molar-refractivity contribution in [2.24, 2.45) is 4.99 Å². The summed E-state index contributed by atoms with van der Waals surface area (Å²) in [4.78, 5) is 30.3. The van der Waals surface area contributed by atoms with Crippen molar-refractivity contribution < 1.29 is 19.4 Å². The number of ether oxygens (including phenoxy) is 1. The molecule has 0 bridgehead atoms. The van der Waals surface area contributed by atoms with E-state index < -0.39 is 5.97 Å². The van der Waals surface area contributed by atoms with E-state index >= 15 is 0 Å². The van der Waals surface area contributed by atoms with Gasteiger partial charge in [0.05, 0.1) is 17.2 Å². The summed E-state index contributed by atoms with van der Waals surface area (Å²) in [5, 5.41) is 15.4. The third kappa shape index (κ3) is 5.09. The molecule has 0 radical (unpaired) electrons. The third-order valence-electron chi connectivity index (χ3n) is 6.00. The van der Waals surface area contributed by atoms with Gasteiger partial charge < -0.3 is 19.7 Å². The molecule has 2 heterocycles. The van der Waals surface area contributed by atoms with E-state index in [1.165, 1.54) is 11.8 Å². The van der Waals surface area contributed by atoms with Crippen LogP contribution in [0.5, 0.6) is 0 Å². The molecule has 2 aliphatic rings. The first-order valence-corrected chi connectivity index (χ1v) is 12.8. The van der Waals surface area contributed by atoms with Gasteiger partial charge in [-0.25, -0.2) is 9.79 Å². The number of carbonyl (C=O) groups excluding carboxylic acids is 2. The van der Waals surface area contributed by atoms with Crippen molar-refractivity contribution in [3.05, 3.63) is 82.1 Å². The first-order valence-electron chi connectivity index (χ1n) is 12.0. The number of fused-ring (bicyclic) bond motifs is 1. The fraction of sp³-hybridized carbons (Fsp3) is 0.250. The Kier molecular flexibility index (Phi) is 6.69. The number of hydrogen-bond acceptors (Lipinski definition) is 6. The van der Waals surface area contributed by atoms with Gasteiger partial charge in [0.1, 0.15) is 22.9 Å². The minimum Gasteiger partial charge on any atom is -0.506 e. The lowest BCUT2D eigenvalue weighted by atomic mass is 10.1. The molecule has 1 saturated carbocycles. The molecule has 36 heavy (non-hydrogen) atoms. The van der Waals surface area contributed by atoms with Crippen LogP contribution in [0.3, 0.4) is 0 Å². The highest BCUT2D eigenvalue weighted by Gasteiger charge is 2.33. The van der Waals surface area contributed by atoms with Gasteiger partial charge in [-0.2, -0.15) is 0 Å². The lowest BCUT2D eigenvalue weighted by Gasteiger charge is -2.05. The van der Waals surface area contributed by atoms with Crippen LogP contribution in [0.15, 0.2) is 76.0 Å². The quantitative estimate of drug-likeness (QED) is 0.422. The largest absolute Gasteiger partial charge is 0.506 e. The first kappa shape index (κ1) is 23.9. The van der Waals surface area contributed by atoms with Crippen molar-refractivity contribution in [1.82, 2.24) is 9.88 Å². The number of aliphatic hydroxyl groups is 1. The average Bonchev–Trinajstić information content (AvgIpc) is 3.53. The van der Waals surface area contributed by atoms with Crippen molar-refractivity contribution in [1.29, 1.82) is 0 Å². The summed E-state index contributed by atoms with van der Waals surface area (Å²) in [6.45, 7) is 4.11. The zero-order valence-electron chi connectivity index (χ0n) is 20.2. The Morgan fingerprint density at radius 1 is 1.19 bits per heavy atom. The predicted molar refractivity (Wildman–Crippen MR) is 143 cm³/mol. The van der Waals surface area contributed by atoms with Gasteiger partial charge in [0.25, 0.3) is 0 Å². The van der Waals surface area contributed by atoms with Crippen LogP contribution in [0.4, 0.5) is 5.69 Å². The molecule has 2 N–H and O–H groups in total. The van der Waals surface area contributed by atoms with Gasteiger partial charge in [-0.3, -0.25) is 4.79 Å². The Morgan fingerprint density at radius 3 is 2.67 bits per heavy atom. The fourth-order valence-electron chi connectivity index (χ4n) is 4.05. The number of carbonyl (C=O) groups is 2. The van der Waals surface area contributed by atoms with Gasteiger partial charge in [-0.1, -0.05) is 47.7 Å². The molecule has 1 fully saturated rings. The van der Waals surface area contributed by atoms with Gasteiger partial charge in [0.2, 0.25) is 5.91 Å². The number of nitrogens with zero attached hydrogens (tertiary/aromatic N) is 2. The second-order valence-electron chi connectivity index (χ2n) is 8.88. The van der Waals surface area contributed by atoms with Crippen LogP contribution in [0, 0.1) is 6.92 Å². The Morgan fingerprint density at radius 2 is 1.94 bits per heavy atom. The van der Waals surface area contributed by atoms with Crippen molar-refractivity contribution in [3.63, 3.8) is 0 Å². The number of amides is 1. The van der Waals surface area contributed by atoms with E-state index in [2.05, 4.69) is 10.3 Å². The second kappa shape index (κ2) is 10.1. The molecule has 0 unspecified atom stereocenters. The van der Waals surface area contributed by atoms with Crippen LogP contribution in [0.2, 0.25) is 0 Å². The topological polar surface area (TPSA) is 92.9 Å². The van der Waals surface area contributed by atoms with Crippen LogP contribution in [-0.2, 0) is 20.9 Å². The molecule has 2 aromatic carbocycles. The number of hydrogen-bond donors (Lipinski definition) is 2. The minimum atomic E-state index is -0.615. The zero-order chi connectivity index (χ0) is 25.2. The maximum Gasteiger partial charge on any atom is 0.344 e. The van der Waals surface area contributed by atoms with E-state index in [0.29, 0.717) is 21.7 Å². The lowest BCUT2D eigenvalue weighted by molar-refractivity contribution is -0.138. The summed E-state index contributed by atoms with van der Waals surface area (Å²) >= 11 is 1.22. The molecule has 1 amide bonds. The first-order chi connectivity index (χ1) is 17.4. The molecule has 0 spiro atoms. The van der Waals surface area contributed by atoms with Crippen molar-refractivity contribution in [3.8, 4) is 0 Å². The maximum absolute atomic E-state index is 12.7. The van der Waals surface area contributed by atoms with Crippen molar-refractivity contribution >= 4 is 51.3 Å². The van der Waals surface area contributed by atoms with Gasteiger partial charge >= 0.3 is 5.97 Å². The SMILES string of the molecule is CCOC(=O)C1=C(O)C(=Cc2cn(CC(=O)NC3CC3)c3ccccc23)SC1=Nc1ccc(C)cc1. The van der Waals surface area contributed by atoms with Crippen molar-refractivity contribution in [2.45, 2.75) is 39.3 Å². The number of aliphatic hydroxyl groups excluding tert-OH is 1. The van der Waals surface area contributed by atoms with Gasteiger partial charge in [0, 0.05) is 28.7 Å². The van der Waals surface area contributed by atoms with E-state index in [1.807, 2.05) is 72.3 Å². The van der Waals surface area contributed by atoms with E-state index in [1.54, 1.807) is 6.92 Å². The van der Waals surface area contributed by atoms with Crippen LogP contribution in [0.25, 0.3) is 17.0 Å². The van der Waals surface area contributed by atoms with E-state index in [4.69, 9.17) is 4.74 Å². The van der Waals surface area contributed by atoms with Gasteiger partial charge in [-0.15, -0.1) is 0 Å². The summed E-state index contributed by atoms with van der Waals surface area (Å²) in [7, 11) is 0. The summed E-state index contributed by atoms with van der Waals surface area (Å²) in [5.74, 6) is -0.795. The van der Waals surface area contributed by atoms with E-state index in [-0.39, 0.29) is 30.4 Å². The monoisotopic (exact) mass is 501 g/mol. The number of thioether (sulfide) groups is 1. The van der Waals surface area contributed by atoms with Crippen molar-refractivity contribution in [2.75, 3.05) is 6.61 Å². The Labute approximate surface area is 213 Å². The van der Waals surface area contributed by atoms with Crippen LogP contribution in [0.1, 0.15) is 30.9 Å².